The van der Waals surface area contributed by atoms with Gasteiger partial charge in [0.05, 0.1) is 13.2 Å². The number of hydrogen-bond donors (Lipinski definition) is 0. The van der Waals surface area contributed by atoms with Crippen LogP contribution in [-0.4, -0.2) is 70.1 Å². The zero-order valence-corrected chi connectivity index (χ0v) is 11.4. The molecule has 0 bridgehead atoms. The molecule has 7 nitrogen and oxygen atoms in total. The van der Waals surface area contributed by atoms with Gasteiger partial charge in [-0.15, -0.1) is 15.3 Å². The van der Waals surface area contributed by atoms with Crippen LogP contribution in [0.5, 0.6) is 0 Å². The highest BCUT2D eigenvalue weighted by atomic mass is 16.5. The van der Waals surface area contributed by atoms with E-state index in [0.717, 1.165) is 50.9 Å². The van der Waals surface area contributed by atoms with E-state index in [1.54, 1.807) is 10.8 Å². The van der Waals surface area contributed by atoms with Gasteiger partial charge in [-0.05, 0) is 18.6 Å². The van der Waals surface area contributed by atoms with Crippen LogP contribution in [0.4, 0.5) is 5.82 Å². The van der Waals surface area contributed by atoms with E-state index in [-0.39, 0.29) is 0 Å². The van der Waals surface area contributed by atoms with Crippen LogP contribution in [0.1, 0.15) is 6.42 Å². The SMILES string of the molecule is c1cc2nncn2nc1N1CCC(N2CCOCC2)C1. The van der Waals surface area contributed by atoms with Gasteiger partial charge in [0, 0.05) is 32.2 Å². The summed E-state index contributed by atoms with van der Waals surface area (Å²) in [4.78, 5) is 4.89. The molecule has 4 rings (SSSR count). The molecule has 20 heavy (non-hydrogen) atoms. The Morgan fingerprint density at radius 3 is 2.95 bits per heavy atom. The van der Waals surface area contributed by atoms with Gasteiger partial charge in [-0.2, -0.15) is 4.52 Å². The first-order chi connectivity index (χ1) is 9.90. The van der Waals surface area contributed by atoms with Gasteiger partial charge < -0.3 is 9.64 Å². The Labute approximate surface area is 117 Å². The maximum atomic E-state index is 5.43. The lowest BCUT2D eigenvalue weighted by molar-refractivity contribution is 0.0209. The van der Waals surface area contributed by atoms with Gasteiger partial charge in [-0.1, -0.05) is 0 Å². The Morgan fingerprint density at radius 1 is 1.15 bits per heavy atom. The van der Waals surface area contributed by atoms with Crippen molar-refractivity contribution in [2.75, 3.05) is 44.3 Å². The number of morpholine rings is 1. The van der Waals surface area contributed by atoms with E-state index in [9.17, 15) is 0 Å². The van der Waals surface area contributed by atoms with Crippen molar-refractivity contribution in [1.82, 2.24) is 24.7 Å². The molecule has 1 atom stereocenters. The highest BCUT2D eigenvalue weighted by Gasteiger charge is 2.29. The number of anilines is 1. The van der Waals surface area contributed by atoms with Crippen molar-refractivity contribution in [3.8, 4) is 0 Å². The van der Waals surface area contributed by atoms with E-state index >= 15 is 0 Å². The maximum absolute atomic E-state index is 5.43. The van der Waals surface area contributed by atoms with Gasteiger partial charge in [0.2, 0.25) is 0 Å². The van der Waals surface area contributed by atoms with Gasteiger partial charge in [0.25, 0.3) is 0 Å². The van der Waals surface area contributed by atoms with Gasteiger partial charge in [-0.25, -0.2) is 0 Å². The first-order valence-electron chi connectivity index (χ1n) is 7.14. The molecule has 106 valence electrons. The Hall–Kier alpha value is -1.73. The third-order valence-electron chi connectivity index (χ3n) is 4.20. The van der Waals surface area contributed by atoms with Crippen molar-refractivity contribution in [3.63, 3.8) is 0 Å². The van der Waals surface area contributed by atoms with Crippen LogP contribution in [-0.2, 0) is 4.74 Å². The van der Waals surface area contributed by atoms with Crippen LogP contribution in [0.3, 0.4) is 0 Å². The van der Waals surface area contributed by atoms with Crippen molar-refractivity contribution < 1.29 is 4.74 Å². The maximum Gasteiger partial charge on any atom is 0.177 e. The number of hydrogen-bond acceptors (Lipinski definition) is 6. The second kappa shape index (κ2) is 4.99. The second-order valence-electron chi connectivity index (χ2n) is 5.36. The van der Waals surface area contributed by atoms with Crippen molar-refractivity contribution in [2.24, 2.45) is 0 Å². The third kappa shape index (κ3) is 2.12. The molecule has 0 amide bonds. The van der Waals surface area contributed by atoms with E-state index in [2.05, 4.69) is 25.1 Å². The monoisotopic (exact) mass is 274 g/mol. The van der Waals surface area contributed by atoms with E-state index in [1.165, 1.54) is 6.42 Å². The zero-order chi connectivity index (χ0) is 13.4. The lowest BCUT2D eigenvalue weighted by atomic mass is 10.2. The quantitative estimate of drug-likeness (QED) is 0.770. The molecule has 0 saturated carbocycles. The van der Waals surface area contributed by atoms with Gasteiger partial charge in [-0.3, -0.25) is 4.90 Å². The highest BCUT2D eigenvalue weighted by Crippen LogP contribution is 2.22. The minimum atomic E-state index is 0.623. The first kappa shape index (κ1) is 12.0. The van der Waals surface area contributed by atoms with E-state index < -0.39 is 0 Å². The fourth-order valence-corrected chi connectivity index (χ4v) is 3.08. The summed E-state index contributed by atoms with van der Waals surface area (Å²) in [6.45, 7) is 5.93. The molecule has 7 heteroatoms. The summed E-state index contributed by atoms with van der Waals surface area (Å²) in [5, 5.41) is 12.4. The standard InChI is InChI=1S/C13H18N6O/c1-2-13(16-19-10-14-15-12(1)19)18-4-3-11(9-18)17-5-7-20-8-6-17/h1-2,10-11H,3-9H2. The average molecular weight is 274 g/mol. The van der Waals surface area contributed by atoms with E-state index in [1.807, 2.05) is 12.1 Å². The van der Waals surface area contributed by atoms with Crippen LogP contribution in [0, 0.1) is 0 Å². The summed E-state index contributed by atoms with van der Waals surface area (Å²) < 4.78 is 7.16. The molecule has 2 fully saturated rings. The Balaban J connectivity index is 1.49. The van der Waals surface area contributed by atoms with Gasteiger partial charge in [0.15, 0.2) is 5.65 Å². The molecule has 2 aromatic heterocycles. The minimum absolute atomic E-state index is 0.623. The molecule has 0 spiro atoms. The molecule has 2 aliphatic rings. The lowest BCUT2D eigenvalue weighted by Crippen LogP contribution is -2.44. The molecular weight excluding hydrogens is 256 g/mol. The van der Waals surface area contributed by atoms with Gasteiger partial charge in [0.1, 0.15) is 12.1 Å². The predicted octanol–water partition coefficient (Wildman–Crippen LogP) is 0.0352. The molecular formula is C13H18N6O. The van der Waals surface area contributed by atoms with Crippen molar-refractivity contribution in [1.29, 1.82) is 0 Å². The predicted molar refractivity (Wildman–Crippen MR) is 73.8 cm³/mol. The Bertz CT molecular complexity index is 593. The van der Waals surface area contributed by atoms with Crippen molar-refractivity contribution in [3.05, 3.63) is 18.5 Å². The zero-order valence-electron chi connectivity index (χ0n) is 11.4. The first-order valence-corrected chi connectivity index (χ1v) is 7.14. The van der Waals surface area contributed by atoms with Crippen LogP contribution >= 0.6 is 0 Å². The van der Waals surface area contributed by atoms with Crippen LogP contribution in [0.25, 0.3) is 5.65 Å². The average Bonchev–Trinajstić information content (AvgIpc) is 3.16. The Kier molecular flexibility index (Phi) is 3.00. The fourth-order valence-electron chi connectivity index (χ4n) is 3.08. The normalized spacial score (nSPS) is 24.6. The summed E-state index contributed by atoms with van der Waals surface area (Å²) in [5.74, 6) is 1.01. The molecule has 2 aromatic rings. The summed E-state index contributed by atoms with van der Waals surface area (Å²) in [6, 6.07) is 4.63. The molecule has 4 heterocycles. The van der Waals surface area contributed by atoms with E-state index in [4.69, 9.17) is 4.74 Å². The van der Waals surface area contributed by atoms with E-state index in [0.29, 0.717) is 6.04 Å². The molecule has 0 aromatic carbocycles. The van der Waals surface area contributed by atoms with Crippen LogP contribution < -0.4 is 4.90 Å². The molecule has 2 saturated heterocycles. The highest BCUT2D eigenvalue weighted by molar-refractivity contribution is 5.45. The second-order valence-corrected chi connectivity index (χ2v) is 5.36. The summed E-state index contributed by atoms with van der Waals surface area (Å²) in [6.07, 6.45) is 2.84. The largest absolute Gasteiger partial charge is 0.379 e. The third-order valence-corrected chi connectivity index (χ3v) is 4.20. The molecule has 1 unspecified atom stereocenters. The fraction of sp³-hybridized carbons (Fsp3) is 0.615. The Morgan fingerprint density at radius 2 is 2.05 bits per heavy atom. The number of nitrogens with zero attached hydrogens (tertiary/aromatic N) is 6. The lowest BCUT2D eigenvalue weighted by Gasteiger charge is -2.32. The van der Waals surface area contributed by atoms with Gasteiger partial charge >= 0.3 is 0 Å². The topological polar surface area (TPSA) is 58.8 Å². The number of ether oxygens (including phenoxy) is 1. The molecule has 0 radical (unpaired) electrons. The summed E-state index contributed by atoms with van der Waals surface area (Å²) in [7, 11) is 0. The van der Waals surface area contributed by atoms with Crippen molar-refractivity contribution in [2.45, 2.75) is 12.5 Å². The summed E-state index contributed by atoms with van der Waals surface area (Å²) in [5.41, 5.74) is 0.790. The van der Waals surface area contributed by atoms with Crippen molar-refractivity contribution >= 4 is 11.5 Å². The molecule has 0 N–H and O–H groups in total. The molecule has 2 aliphatic heterocycles. The number of rotatable bonds is 2. The number of aromatic nitrogens is 4. The summed E-state index contributed by atoms with van der Waals surface area (Å²) >= 11 is 0. The molecule has 0 aliphatic carbocycles. The van der Waals surface area contributed by atoms with Crippen LogP contribution in [0.15, 0.2) is 18.5 Å². The minimum Gasteiger partial charge on any atom is -0.379 e. The number of fused-ring (bicyclic) bond motifs is 1. The van der Waals surface area contributed by atoms with Crippen LogP contribution in [0.2, 0.25) is 0 Å². The smallest absolute Gasteiger partial charge is 0.177 e.